The monoisotopic (exact) mass is 433 g/mol. The normalized spacial score (nSPS) is 15.1. The van der Waals surface area contributed by atoms with E-state index in [4.69, 9.17) is 23.2 Å². The van der Waals surface area contributed by atoms with Crippen molar-refractivity contribution in [1.29, 1.82) is 0 Å². The van der Waals surface area contributed by atoms with Crippen LogP contribution in [0.3, 0.4) is 0 Å². The van der Waals surface area contributed by atoms with Gasteiger partial charge in [0.15, 0.2) is 5.13 Å². The zero-order valence-corrected chi connectivity index (χ0v) is 17.3. The number of nitrogens with one attached hydrogen (secondary N) is 1. The van der Waals surface area contributed by atoms with Crippen LogP contribution in [-0.2, 0) is 23.0 Å². The molecule has 0 unspecified atom stereocenters. The number of aromatic nitrogens is 1. The molecule has 0 radical (unpaired) electrons. The molecule has 1 aliphatic rings. The summed E-state index contributed by atoms with van der Waals surface area (Å²) < 4.78 is 26.2. The number of benzene rings is 1. The molecule has 1 aromatic heterocycles. The van der Waals surface area contributed by atoms with Gasteiger partial charge in [-0.3, -0.25) is 10.1 Å². The van der Waals surface area contributed by atoms with E-state index in [1.54, 1.807) is 26.0 Å². The van der Waals surface area contributed by atoms with Gasteiger partial charge in [-0.15, -0.1) is 11.3 Å². The fourth-order valence-electron chi connectivity index (χ4n) is 2.58. The highest BCUT2D eigenvalue weighted by molar-refractivity contribution is 7.89. The van der Waals surface area contributed by atoms with Crippen LogP contribution in [0.15, 0.2) is 18.2 Å². The number of sulfonamides is 1. The highest BCUT2D eigenvalue weighted by Gasteiger charge is 2.31. The lowest BCUT2D eigenvalue weighted by Gasteiger charge is -2.26. The second kappa shape index (κ2) is 7.44. The summed E-state index contributed by atoms with van der Waals surface area (Å²) in [7, 11) is -3.31. The summed E-state index contributed by atoms with van der Waals surface area (Å²) in [6, 6.07) is 4.63. The molecule has 1 N–H and O–H groups in total. The molecule has 0 saturated heterocycles. The van der Waals surface area contributed by atoms with E-state index in [0.29, 0.717) is 28.7 Å². The molecule has 140 valence electrons. The van der Waals surface area contributed by atoms with Gasteiger partial charge in [-0.2, -0.15) is 4.31 Å². The number of fused-ring (bicyclic) bond motifs is 1. The molecule has 0 bridgehead atoms. The van der Waals surface area contributed by atoms with Crippen molar-refractivity contribution in [3.63, 3.8) is 0 Å². The first-order valence-corrected chi connectivity index (χ1v) is 11.0. The number of carbonyl (C=O) groups excluding carboxylic acids is 1. The molecule has 1 aromatic carbocycles. The Morgan fingerprint density at radius 1 is 1.35 bits per heavy atom. The van der Waals surface area contributed by atoms with Gasteiger partial charge in [0, 0.05) is 29.4 Å². The van der Waals surface area contributed by atoms with Crippen LogP contribution in [0.5, 0.6) is 0 Å². The van der Waals surface area contributed by atoms with Crippen molar-refractivity contribution >= 4 is 55.6 Å². The Morgan fingerprint density at radius 2 is 2.08 bits per heavy atom. The number of thiazole rings is 1. The Kier molecular flexibility index (Phi) is 5.60. The predicted molar refractivity (Wildman–Crippen MR) is 105 cm³/mol. The minimum absolute atomic E-state index is 0.255. The van der Waals surface area contributed by atoms with E-state index >= 15 is 0 Å². The molecular formula is C16H17Cl2N3O3S2. The molecule has 2 aromatic rings. The molecule has 3 rings (SSSR count). The van der Waals surface area contributed by atoms with Gasteiger partial charge >= 0.3 is 0 Å². The van der Waals surface area contributed by atoms with Crippen molar-refractivity contribution in [2.75, 3.05) is 11.9 Å². The zero-order valence-electron chi connectivity index (χ0n) is 14.1. The van der Waals surface area contributed by atoms with Gasteiger partial charge in [0.2, 0.25) is 10.0 Å². The van der Waals surface area contributed by atoms with Gasteiger partial charge in [0.1, 0.15) is 0 Å². The molecule has 1 aliphatic heterocycles. The average molecular weight is 434 g/mol. The highest BCUT2D eigenvalue weighted by Crippen LogP contribution is 2.31. The smallest absolute Gasteiger partial charge is 0.258 e. The van der Waals surface area contributed by atoms with Crippen LogP contribution in [0.2, 0.25) is 10.0 Å². The third-order valence-electron chi connectivity index (χ3n) is 4.05. The van der Waals surface area contributed by atoms with Crippen molar-refractivity contribution in [1.82, 2.24) is 9.29 Å². The molecular weight excluding hydrogens is 417 g/mol. The fraction of sp³-hybridized carbons (Fsp3) is 0.375. The van der Waals surface area contributed by atoms with Gasteiger partial charge in [-0.05, 0) is 32.0 Å². The van der Waals surface area contributed by atoms with Crippen LogP contribution >= 0.6 is 34.5 Å². The van der Waals surface area contributed by atoms with E-state index in [0.717, 1.165) is 10.6 Å². The second-order valence-corrected chi connectivity index (χ2v) is 10.6. The summed E-state index contributed by atoms with van der Waals surface area (Å²) in [5, 5.41) is 3.38. The number of amides is 1. The van der Waals surface area contributed by atoms with Crippen molar-refractivity contribution in [2.45, 2.75) is 32.1 Å². The van der Waals surface area contributed by atoms with Crippen molar-refractivity contribution in [2.24, 2.45) is 0 Å². The molecule has 2 heterocycles. The first kappa shape index (κ1) is 19.6. The first-order valence-electron chi connectivity index (χ1n) is 7.92. The molecule has 1 amide bonds. The van der Waals surface area contributed by atoms with E-state index in [1.807, 2.05) is 0 Å². The zero-order chi connectivity index (χ0) is 19.1. The van der Waals surface area contributed by atoms with Gasteiger partial charge < -0.3 is 0 Å². The Hall–Kier alpha value is -1.19. The van der Waals surface area contributed by atoms with Gasteiger partial charge in [-0.1, -0.05) is 23.2 Å². The third kappa shape index (κ3) is 3.89. The van der Waals surface area contributed by atoms with Gasteiger partial charge in [0.25, 0.3) is 5.91 Å². The van der Waals surface area contributed by atoms with E-state index in [9.17, 15) is 13.2 Å². The lowest BCUT2D eigenvalue weighted by molar-refractivity contribution is 0.102. The van der Waals surface area contributed by atoms with Crippen molar-refractivity contribution in [3.8, 4) is 0 Å². The summed E-state index contributed by atoms with van der Waals surface area (Å²) in [6.45, 7) is 4.01. The Balaban J connectivity index is 1.77. The maximum atomic E-state index is 12.4. The summed E-state index contributed by atoms with van der Waals surface area (Å²) in [6.07, 6.45) is 0.523. The minimum atomic E-state index is -3.31. The first-order chi connectivity index (χ1) is 12.2. The third-order valence-corrected chi connectivity index (χ3v) is 7.82. The number of hydrogen-bond acceptors (Lipinski definition) is 5. The number of rotatable bonds is 4. The van der Waals surface area contributed by atoms with Crippen molar-refractivity contribution in [3.05, 3.63) is 44.4 Å². The Morgan fingerprint density at radius 3 is 2.73 bits per heavy atom. The minimum Gasteiger partial charge on any atom is -0.298 e. The molecule has 0 atom stereocenters. The number of hydrogen-bond donors (Lipinski definition) is 1. The number of carbonyl (C=O) groups is 1. The van der Waals surface area contributed by atoms with Crippen LogP contribution in [0, 0.1) is 0 Å². The number of anilines is 1. The Labute approximate surface area is 166 Å². The fourth-order valence-corrected chi connectivity index (χ4v) is 5.42. The summed E-state index contributed by atoms with van der Waals surface area (Å²) >= 11 is 13.2. The maximum absolute atomic E-state index is 12.4. The summed E-state index contributed by atoms with van der Waals surface area (Å²) in [5.74, 6) is -0.385. The number of nitrogens with zero attached hydrogens (tertiary/aromatic N) is 2. The van der Waals surface area contributed by atoms with Crippen LogP contribution in [0.25, 0.3) is 0 Å². The standard InChI is InChI=1S/C16H17Cl2N3O3S2/c1-9(2)26(23,24)21-6-5-13-14(8-21)25-16(19-13)20-15(22)11-4-3-10(17)7-12(11)18/h3-4,7,9H,5-6,8H2,1-2H3,(H,19,20,22). The summed E-state index contributed by atoms with van der Waals surface area (Å²) in [4.78, 5) is 17.7. The van der Waals surface area contributed by atoms with Gasteiger partial charge in [-0.25, -0.2) is 13.4 Å². The van der Waals surface area contributed by atoms with E-state index < -0.39 is 15.3 Å². The van der Waals surface area contributed by atoms with E-state index in [2.05, 4.69) is 10.3 Å². The molecule has 0 saturated carbocycles. The molecule has 10 heteroatoms. The topological polar surface area (TPSA) is 79.4 Å². The average Bonchev–Trinajstić information content (AvgIpc) is 2.95. The van der Waals surface area contributed by atoms with Crippen LogP contribution in [0.1, 0.15) is 34.8 Å². The Bertz CT molecular complexity index is 958. The van der Waals surface area contributed by atoms with Crippen LogP contribution in [0.4, 0.5) is 5.13 Å². The van der Waals surface area contributed by atoms with Crippen LogP contribution in [-0.4, -0.2) is 35.4 Å². The van der Waals surface area contributed by atoms with E-state index in [-0.39, 0.29) is 17.5 Å². The quantitative estimate of drug-likeness (QED) is 0.794. The predicted octanol–water partition coefficient (Wildman–Crippen LogP) is 3.80. The molecule has 0 fully saturated rings. The summed E-state index contributed by atoms with van der Waals surface area (Å²) in [5.41, 5.74) is 1.12. The van der Waals surface area contributed by atoms with E-state index in [1.165, 1.54) is 21.7 Å². The molecule has 0 aliphatic carbocycles. The second-order valence-electron chi connectivity index (χ2n) is 6.14. The SMILES string of the molecule is CC(C)S(=O)(=O)N1CCc2nc(NC(=O)c3ccc(Cl)cc3Cl)sc2C1. The maximum Gasteiger partial charge on any atom is 0.258 e. The van der Waals surface area contributed by atoms with Crippen molar-refractivity contribution < 1.29 is 13.2 Å². The molecule has 26 heavy (non-hydrogen) atoms. The van der Waals surface area contributed by atoms with Gasteiger partial charge in [0.05, 0.1) is 21.5 Å². The lowest BCUT2D eigenvalue weighted by Crippen LogP contribution is -2.39. The molecule has 0 spiro atoms. The molecule has 6 nitrogen and oxygen atoms in total. The van der Waals surface area contributed by atoms with Crippen LogP contribution < -0.4 is 5.32 Å². The lowest BCUT2D eigenvalue weighted by atomic mass is 10.2. The highest BCUT2D eigenvalue weighted by atomic mass is 35.5. The number of halogens is 2. The largest absolute Gasteiger partial charge is 0.298 e.